The van der Waals surface area contributed by atoms with Gasteiger partial charge in [0.2, 0.25) is 0 Å². The second-order valence-electron chi connectivity index (χ2n) is 1.31. The molecule has 0 aliphatic rings. The zero-order valence-corrected chi connectivity index (χ0v) is 6.14. The van der Waals surface area contributed by atoms with E-state index in [1.807, 2.05) is 0 Å². The van der Waals surface area contributed by atoms with Crippen LogP contribution in [-0.2, 0) is 26.0 Å². The van der Waals surface area contributed by atoms with Crippen LogP contribution in [0.1, 0.15) is 6.92 Å². The number of hydrogen-bond acceptors (Lipinski definition) is 3. The van der Waals surface area contributed by atoms with Crippen molar-refractivity contribution < 1.29 is 31.1 Å². The van der Waals surface area contributed by atoms with Crippen LogP contribution in [0.15, 0.2) is 11.8 Å². The Labute approximate surface area is 63.6 Å². The maximum atomic E-state index is 10.2. The molecule has 0 aromatic carbocycles. The Balaban J connectivity index is 0. The fourth-order valence-electron chi connectivity index (χ4n) is 0.229. The molecule has 0 aromatic heterocycles. The van der Waals surface area contributed by atoms with Crippen LogP contribution in [0, 0.1) is 0 Å². The monoisotopic (exact) mass is 174 g/mol. The van der Waals surface area contributed by atoms with Gasteiger partial charge in [0.05, 0.1) is 18.9 Å². The first-order valence-electron chi connectivity index (χ1n) is 2.12. The van der Waals surface area contributed by atoms with Gasteiger partial charge in [-0.3, -0.25) is 0 Å². The Morgan fingerprint density at radius 1 is 1.67 bits per heavy atom. The molecular formula is C5H8NiO3. The number of rotatable bonds is 1. The van der Waals surface area contributed by atoms with Crippen molar-refractivity contribution in [2.75, 3.05) is 7.11 Å². The maximum absolute atomic E-state index is 10.2. The quantitative estimate of drug-likeness (QED) is 0.275. The normalized spacial score (nSPS) is 9.78. The number of hydrogen-bond donors (Lipinski definition) is 1. The summed E-state index contributed by atoms with van der Waals surface area (Å²) >= 11 is 0. The minimum atomic E-state index is -0.537. The van der Waals surface area contributed by atoms with E-state index in [0.717, 1.165) is 6.08 Å². The largest absolute Gasteiger partial charge is 0.512 e. The molecule has 0 spiro atoms. The minimum absolute atomic E-state index is 0. The fraction of sp³-hybridized carbons (Fsp3) is 0.400. The molecule has 0 amide bonds. The van der Waals surface area contributed by atoms with Crippen LogP contribution in [0.5, 0.6) is 0 Å². The number of ether oxygens (including phenoxy) is 1. The van der Waals surface area contributed by atoms with Crippen LogP contribution in [0.2, 0.25) is 0 Å². The van der Waals surface area contributed by atoms with Crippen LogP contribution in [0.25, 0.3) is 0 Å². The van der Waals surface area contributed by atoms with E-state index >= 15 is 0 Å². The van der Waals surface area contributed by atoms with E-state index in [4.69, 9.17) is 5.11 Å². The van der Waals surface area contributed by atoms with E-state index in [1.165, 1.54) is 14.0 Å². The van der Waals surface area contributed by atoms with Gasteiger partial charge in [0.15, 0.2) is 0 Å². The molecule has 0 rings (SSSR count). The molecule has 0 saturated carbocycles. The third-order valence-electron chi connectivity index (χ3n) is 0.528. The summed E-state index contributed by atoms with van der Waals surface area (Å²) in [5.41, 5.74) is 0. The zero-order valence-electron chi connectivity index (χ0n) is 5.16. The molecule has 0 aliphatic carbocycles. The predicted molar refractivity (Wildman–Crippen MR) is 28.4 cm³/mol. The van der Waals surface area contributed by atoms with Crippen molar-refractivity contribution in [3.05, 3.63) is 11.8 Å². The van der Waals surface area contributed by atoms with Crippen molar-refractivity contribution in [1.82, 2.24) is 0 Å². The number of aliphatic hydroxyl groups excluding tert-OH is 1. The Morgan fingerprint density at radius 3 is 2.22 bits per heavy atom. The Kier molecular flexibility index (Phi) is 7.09. The Bertz CT molecular complexity index is 115. The molecule has 0 fully saturated rings. The van der Waals surface area contributed by atoms with Crippen LogP contribution in [0.3, 0.4) is 0 Å². The number of esters is 1. The van der Waals surface area contributed by atoms with Crippen LogP contribution in [-0.4, -0.2) is 18.2 Å². The van der Waals surface area contributed by atoms with Crippen molar-refractivity contribution in [3.8, 4) is 0 Å². The van der Waals surface area contributed by atoms with Gasteiger partial charge < -0.3 is 9.84 Å². The number of methoxy groups -OCH3 is 1. The summed E-state index contributed by atoms with van der Waals surface area (Å²) in [6.45, 7) is 1.40. The summed E-state index contributed by atoms with van der Waals surface area (Å²) in [6, 6.07) is 0. The van der Waals surface area contributed by atoms with Crippen LogP contribution < -0.4 is 0 Å². The van der Waals surface area contributed by atoms with Gasteiger partial charge in [-0.15, -0.1) is 0 Å². The molecular weight excluding hydrogens is 167 g/mol. The molecule has 9 heavy (non-hydrogen) atoms. The Morgan fingerprint density at radius 2 is 2.11 bits per heavy atom. The molecule has 0 saturated heterocycles. The second kappa shape index (κ2) is 5.64. The standard InChI is InChI=1S/C5H8O3.Ni/c1-4(6)3-5(7)8-2;/h3,6H,1-2H3;/b4-3-;. The summed E-state index contributed by atoms with van der Waals surface area (Å²) in [7, 11) is 1.25. The molecule has 0 radical (unpaired) electrons. The number of carbonyl (C=O) groups excluding carboxylic acids is 1. The van der Waals surface area contributed by atoms with Crippen LogP contribution in [0.4, 0.5) is 0 Å². The molecule has 0 bridgehead atoms. The molecule has 0 heterocycles. The summed E-state index contributed by atoms with van der Waals surface area (Å²) in [6.07, 6.45) is 1.00. The van der Waals surface area contributed by atoms with E-state index in [0.29, 0.717) is 0 Å². The maximum Gasteiger partial charge on any atom is 0.333 e. The smallest absolute Gasteiger partial charge is 0.333 e. The number of allylic oxidation sites excluding steroid dienone is 1. The molecule has 0 aromatic rings. The van der Waals surface area contributed by atoms with Crippen molar-refractivity contribution in [2.45, 2.75) is 6.92 Å². The average Bonchev–Trinajstić information content (AvgIpc) is 1.65. The molecule has 56 valence electrons. The van der Waals surface area contributed by atoms with Gasteiger partial charge in [-0.05, 0) is 6.92 Å². The SMILES string of the molecule is COC(=O)/C=C(/C)O.[Ni]. The van der Waals surface area contributed by atoms with E-state index in [1.54, 1.807) is 0 Å². The molecule has 0 atom stereocenters. The average molecular weight is 175 g/mol. The van der Waals surface area contributed by atoms with Gasteiger partial charge in [0, 0.05) is 16.5 Å². The van der Waals surface area contributed by atoms with E-state index < -0.39 is 5.97 Å². The minimum Gasteiger partial charge on any atom is -0.512 e. The topological polar surface area (TPSA) is 46.5 Å². The summed E-state index contributed by atoms with van der Waals surface area (Å²) < 4.78 is 4.19. The first kappa shape index (κ1) is 11.3. The van der Waals surface area contributed by atoms with Gasteiger partial charge in [-0.1, -0.05) is 0 Å². The number of carbonyl (C=O) groups is 1. The summed E-state index contributed by atoms with van der Waals surface area (Å²) in [4.78, 5) is 10.2. The molecule has 4 heteroatoms. The van der Waals surface area contributed by atoms with Gasteiger partial charge in [0.25, 0.3) is 0 Å². The van der Waals surface area contributed by atoms with Crippen molar-refractivity contribution >= 4 is 5.97 Å². The van der Waals surface area contributed by atoms with Gasteiger partial charge in [-0.25, -0.2) is 4.79 Å². The van der Waals surface area contributed by atoms with Crippen LogP contribution >= 0.6 is 0 Å². The fourth-order valence-corrected chi connectivity index (χ4v) is 0.229. The third-order valence-corrected chi connectivity index (χ3v) is 0.528. The molecule has 1 N–H and O–H groups in total. The zero-order chi connectivity index (χ0) is 6.57. The summed E-state index contributed by atoms with van der Waals surface area (Å²) in [5, 5.41) is 8.41. The van der Waals surface area contributed by atoms with E-state index in [9.17, 15) is 4.79 Å². The first-order chi connectivity index (χ1) is 3.66. The predicted octanol–water partition coefficient (Wildman–Crippen LogP) is 0.619. The van der Waals surface area contributed by atoms with E-state index in [-0.39, 0.29) is 22.3 Å². The molecule has 0 unspecified atom stereocenters. The van der Waals surface area contributed by atoms with Crippen molar-refractivity contribution in [3.63, 3.8) is 0 Å². The van der Waals surface area contributed by atoms with Gasteiger partial charge >= 0.3 is 5.97 Å². The first-order valence-corrected chi connectivity index (χ1v) is 2.12. The molecule has 3 nitrogen and oxygen atoms in total. The second-order valence-corrected chi connectivity index (χ2v) is 1.31. The van der Waals surface area contributed by atoms with Crippen molar-refractivity contribution in [2.24, 2.45) is 0 Å². The van der Waals surface area contributed by atoms with Gasteiger partial charge in [-0.2, -0.15) is 0 Å². The number of aliphatic hydroxyl groups is 1. The van der Waals surface area contributed by atoms with Gasteiger partial charge in [0.1, 0.15) is 0 Å². The molecule has 0 aliphatic heterocycles. The van der Waals surface area contributed by atoms with E-state index in [2.05, 4.69) is 4.74 Å². The Hall–Kier alpha value is -0.496. The third kappa shape index (κ3) is 7.50. The van der Waals surface area contributed by atoms with Crippen molar-refractivity contribution in [1.29, 1.82) is 0 Å². The summed E-state index contributed by atoms with van der Waals surface area (Å²) in [5.74, 6) is -0.582.